The molecule has 1 aromatic heterocycles. The molecule has 0 unspecified atom stereocenters. The third-order valence-electron chi connectivity index (χ3n) is 9.29. The van der Waals surface area contributed by atoms with Gasteiger partial charge >= 0.3 is 0 Å². The highest BCUT2D eigenvalue weighted by Gasteiger charge is 2.34. The van der Waals surface area contributed by atoms with E-state index in [0.29, 0.717) is 32.7 Å². The number of nitrogens with zero attached hydrogens (tertiary/aromatic N) is 2. The van der Waals surface area contributed by atoms with E-state index in [1.54, 1.807) is 14.2 Å². The van der Waals surface area contributed by atoms with Crippen molar-refractivity contribution in [2.75, 3.05) is 59.0 Å². The van der Waals surface area contributed by atoms with Crippen molar-refractivity contribution >= 4 is 22.5 Å². The molecule has 0 spiro atoms. The minimum Gasteiger partial charge on any atom is -0.497 e. The van der Waals surface area contributed by atoms with Gasteiger partial charge in [-0.15, -0.1) is 0 Å². The smallest absolute Gasteiger partial charge is 0.224 e. The van der Waals surface area contributed by atoms with Gasteiger partial charge in [-0.2, -0.15) is 0 Å². The minimum atomic E-state index is -0.0474. The molecule has 2 N–H and O–H groups in total. The maximum absolute atomic E-state index is 13.4. The Hall–Kier alpha value is -4.05. The molecule has 6 rings (SSSR count). The fourth-order valence-corrected chi connectivity index (χ4v) is 6.72. The molecule has 46 heavy (non-hydrogen) atoms. The van der Waals surface area contributed by atoms with Crippen molar-refractivity contribution < 1.29 is 23.7 Å². The van der Waals surface area contributed by atoms with E-state index in [0.717, 1.165) is 71.8 Å². The summed E-state index contributed by atoms with van der Waals surface area (Å²) in [5, 5.41) is 4.80. The van der Waals surface area contributed by atoms with E-state index in [1.165, 1.54) is 5.56 Å². The van der Waals surface area contributed by atoms with E-state index >= 15 is 0 Å². The fraction of sp³-hybridized carbons (Fsp3) is 0.432. The van der Waals surface area contributed by atoms with Crippen LogP contribution in [0.2, 0.25) is 0 Å². The summed E-state index contributed by atoms with van der Waals surface area (Å²) in [6.07, 6.45) is 4.16. The predicted molar refractivity (Wildman–Crippen MR) is 181 cm³/mol. The number of anilines is 1. The number of carbonyl (C=O) groups is 1. The minimum absolute atomic E-state index is 0.0474. The van der Waals surface area contributed by atoms with Crippen LogP contribution < -0.4 is 19.7 Å². The number of carbonyl (C=O) groups excluding carboxylic acids is 1. The Labute approximate surface area is 271 Å². The Morgan fingerprint density at radius 2 is 1.93 bits per heavy atom. The number of aromatic nitrogens is 1. The van der Waals surface area contributed by atoms with Gasteiger partial charge in [-0.1, -0.05) is 36.4 Å². The summed E-state index contributed by atoms with van der Waals surface area (Å²) in [7, 11) is 5.32. The molecular weight excluding hydrogens is 580 g/mol. The molecule has 1 fully saturated rings. The standard InChI is InChI=1S/C37H46N4O5/c1-40(24-28-22-39-33-8-5-4-7-31(28)33)37(42)21-29-20-32(27-10-12-30(44-3)13-11-27)36(23-38-29)46-25-26-9-14-35-34(19-26)41(16-18-45-35)15-6-17-43-2/h4-5,7-14,19,22,29,32,36,38-39H,6,15-18,20-21,23-25H2,1-3H3/t29-,32+,36-/m0/s1. The predicted octanol–water partition coefficient (Wildman–Crippen LogP) is 5.49. The van der Waals surface area contributed by atoms with Crippen LogP contribution in [0.15, 0.2) is 72.9 Å². The molecule has 0 aliphatic carbocycles. The van der Waals surface area contributed by atoms with E-state index in [2.05, 4.69) is 57.7 Å². The van der Waals surface area contributed by atoms with Gasteiger partial charge in [0, 0.05) is 75.9 Å². The van der Waals surface area contributed by atoms with Crippen molar-refractivity contribution in [3.8, 4) is 11.5 Å². The molecule has 244 valence electrons. The third kappa shape index (κ3) is 7.49. The van der Waals surface area contributed by atoms with Gasteiger partial charge in [0.15, 0.2) is 0 Å². The summed E-state index contributed by atoms with van der Waals surface area (Å²) in [4.78, 5) is 21.0. The van der Waals surface area contributed by atoms with Crippen LogP contribution in [0.4, 0.5) is 5.69 Å². The molecule has 0 saturated carbocycles. The zero-order chi connectivity index (χ0) is 31.9. The number of ether oxygens (including phenoxy) is 4. The number of fused-ring (bicyclic) bond motifs is 2. The average Bonchev–Trinajstić information content (AvgIpc) is 3.50. The number of piperidine rings is 1. The van der Waals surface area contributed by atoms with Crippen LogP contribution in [0.5, 0.6) is 11.5 Å². The number of H-pyrrole nitrogens is 1. The zero-order valence-corrected chi connectivity index (χ0v) is 27.2. The first-order chi connectivity index (χ1) is 22.5. The van der Waals surface area contributed by atoms with Crippen molar-refractivity contribution in [2.45, 2.75) is 50.5 Å². The van der Waals surface area contributed by atoms with Crippen LogP contribution in [0.3, 0.4) is 0 Å². The molecule has 3 heterocycles. The summed E-state index contributed by atoms with van der Waals surface area (Å²) in [6.45, 7) is 4.95. The van der Waals surface area contributed by atoms with Crippen molar-refractivity contribution in [2.24, 2.45) is 0 Å². The third-order valence-corrected chi connectivity index (χ3v) is 9.29. The lowest BCUT2D eigenvalue weighted by atomic mass is 9.83. The lowest BCUT2D eigenvalue weighted by molar-refractivity contribution is -0.131. The Kier molecular flexibility index (Phi) is 10.4. The molecular formula is C37H46N4O5. The number of methoxy groups -OCH3 is 2. The Morgan fingerprint density at radius 1 is 1.09 bits per heavy atom. The highest BCUT2D eigenvalue weighted by Crippen LogP contribution is 2.35. The molecule has 0 radical (unpaired) electrons. The van der Waals surface area contributed by atoms with E-state index in [4.69, 9.17) is 18.9 Å². The molecule has 2 aliphatic heterocycles. The lowest BCUT2D eigenvalue weighted by Gasteiger charge is -2.38. The summed E-state index contributed by atoms with van der Waals surface area (Å²) < 4.78 is 23.3. The molecule has 3 aromatic carbocycles. The summed E-state index contributed by atoms with van der Waals surface area (Å²) in [5.74, 6) is 2.01. The van der Waals surface area contributed by atoms with Crippen molar-refractivity contribution in [3.05, 3.63) is 89.6 Å². The number of rotatable bonds is 13. The number of nitrogens with one attached hydrogen (secondary N) is 2. The van der Waals surface area contributed by atoms with Gasteiger partial charge in [-0.3, -0.25) is 4.79 Å². The summed E-state index contributed by atoms with van der Waals surface area (Å²) in [6, 6.07) is 22.9. The van der Waals surface area contributed by atoms with Crippen LogP contribution >= 0.6 is 0 Å². The number of para-hydroxylation sites is 1. The van der Waals surface area contributed by atoms with Gasteiger partial charge in [0.25, 0.3) is 0 Å². The van der Waals surface area contributed by atoms with Crippen molar-refractivity contribution in [1.29, 1.82) is 0 Å². The van der Waals surface area contributed by atoms with Gasteiger partial charge in [-0.25, -0.2) is 0 Å². The van der Waals surface area contributed by atoms with E-state index in [9.17, 15) is 4.79 Å². The lowest BCUT2D eigenvalue weighted by Crippen LogP contribution is -2.48. The van der Waals surface area contributed by atoms with Crippen LogP contribution in [0.1, 0.15) is 41.9 Å². The van der Waals surface area contributed by atoms with E-state index < -0.39 is 0 Å². The van der Waals surface area contributed by atoms with Crippen LogP contribution in [0.25, 0.3) is 10.9 Å². The average molecular weight is 627 g/mol. The van der Waals surface area contributed by atoms with E-state index in [-0.39, 0.29) is 24.0 Å². The number of hydrogen-bond acceptors (Lipinski definition) is 7. The number of hydrogen-bond donors (Lipinski definition) is 2. The Bertz CT molecular complexity index is 1590. The number of benzene rings is 3. The van der Waals surface area contributed by atoms with Gasteiger partial charge < -0.3 is 39.0 Å². The SMILES string of the molecule is COCCCN1CCOc2ccc(CO[C@H]3CN[C@H](CC(=O)N(C)Cc4c[nH]c5ccccc45)C[C@@H]3c3ccc(OC)cc3)cc21. The number of amides is 1. The van der Waals surface area contributed by atoms with Crippen LogP contribution in [-0.4, -0.2) is 82.1 Å². The summed E-state index contributed by atoms with van der Waals surface area (Å²) >= 11 is 0. The van der Waals surface area contributed by atoms with E-state index in [1.807, 2.05) is 42.4 Å². The maximum Gasteiger partial charge on any atom is 0.224 e. The molecule has 1 saturated heterocycles. The first-order valence-corrected chi connectivity index (χ1v) is 16.3. The van der Waals surface area contributed by atoms with Gasteiger partial charge in [0.2, 0.25) is 5.91 Å². The number of aromatic amines is 1. The molecule has 9 heteroatoms. The molecule has 0 bridgehead atoms. The first kappa shape index (κ1) is 31.9. The second-order valence-electron chi connectivity index (χ2n) is 12.4. The highest BCUT2D eigenvalue weighted by molar-refractivity contribution is 5.84. The second kappa shape index (κ2) is 15.0. The van der Waals surface area contributed by atoms with Crippen LogP contribution in [0, 0.1) is 0 Å². The quantitative estimate of drug-likeness (QED) is 0.190. The summed E-state index contributed by atoms with van der Waals surface area (Å²) in [5.41, 5.74) is 5.64. The Balaban J connectivity index is 1.11. The largest absolute Gasteiger partial charge is 0.497 e. The topological polar surface area (TPSA) is 88.3 Å². The molecule has 2 aliphatic rings. The van der Waals surface area contributed by atoms with Gasteiger partial charge in [0.05, 0.1) is 32.1 Å². The van der Waals surface area contributed by atoms with Crippen molar-refractivity contribution in [3.63, 3.8) is 0 Å². The monoisotopic (exact) mass is 626 g/mol. The zero-order valence-electron chi connectivity index (χ0n) is 27.2. The first-order valence-electron chi connectivity index (χ1n) is 16.3. The Morgan fingerprint density at radius 3 is 2.76 bits per heavy atom. The molecule has 1 amide bonds. The normalized spacial score (nSPS) is 19.5. The second-order valence-corrected chi connectivity index (χ2v) is 12.4. The molecule has 9 nitrogen and oxygen atoms in total. The van der Waals surface area contributed by atoms with Crippen LogP contribution in [-0.2, 0) is 27.4 Å². The van der Waals surface area contributed by atoms with Gasteiger partial charge in [0.1, 0.15) is 18.1 Å². The molecule has 4 aromatic rings. The highest BCUT2D eigenvalue weighted by atomic mass is 16.5. The van der Waals surface area contributed by atoms with Crippen molar-refractivity contribution in [1.82, 2.24) is 15.2 Å². The fourth-order valence-electron chi connectivity index (χ4n) is 6.72. The van der Waals surface area contributed by atoms with Gasteiger partial charge in [-0.05, 0) is 59.9 Å². The maximum atomic E-state index is 13.4. The molecule has 3 atom stereocenters.